The summed E-state index contributed by atoms with van der Waals surface area (Å²) >= 11 is 1.60. The predicted molar refractivity (Wildman–Crippen MR) is 79.2 cm³/mol. The van der Waals surface area contributed by atoms with Crippen LogP contribution in [0.15, 0.2) is 29.2 Å². The van der Waals surface area contributed by atoms with Crippen LogP contribution in [0.25, 0.3) is 0 Å². The number of Topliss-reactive ketones (excluding diaryl/α,β-unsaturated/α-hetero) is 1. The fraction of sp³-hybridized carbons (Fsp3) is 0.462. The predicted octanol–water partition coefficient (Wildman–Crippen LogP) is 2.26. The summed E-state index contributed by atoms with van der Waals surface area (Å²) in [6.45, 7) is 3.29. The van der Waals surface area contributed by atoms with Crippen LogP contribution in [0.1, 0.15) is 24.2 Å². The average Bonchev–Trinajstić information content (AvgIpc) is 2.38. The second-order valence-electron chi connectivity index (χ2n) is 4.41. The van der Waals surface area contributed by atoms with Gasteiger partial charge in [-0.2, -0.15) is 16.1 Å². The molecular weight excluding hydrogens is 282 g/mol. The van der Waals surface area contributed by atoms with Gasteiger partial charge < -0.3 is 0 Å². The number of benzene rings is 1. The van der Waals surface area contributed by atoms with E-state index < -0.39 is 10.0 Å². The van der Waals surface area contributed by atoms with Crippen molar-refractivity contribution in [2.24, 2.45) is 0 Å². The number of ketones is 1. The molecule has 1 atom stereocenters. The molecule has 0 aliphatic carbocycles. The lowest BCUT2D eigenvalue weighted by molar-refractivity contribution is 0.101. The normalized spacial score (nSPS) is 13.5. The van der Waals surface area contributed by atoms with Gasteiger partial charge in [-0.3, -0.25) is 4.79 Å². The molecule has 6 heteroatoms. The minimum atomic E-state index is -3.55. The second kappa shape index (κ2) is 6.54. The van der Waals surface area contributed by atoms with Crippen LogP contribution in [0.5, 0.6) is 0 Å². The van der Waals surface area contributed by atoms with E-state index in [-0.39, 0.29) is 16.7 Å². The third-order valence-electron chi connectivity index (χ3n) is 2.95. The van der Waals surface area contributed by atoms with Crippen molar-refractivity contribution < 1.29 is 13.2 Å². The van der Waals surface area contributed by atoms with Crippen molar-refractivity contribution in [3.63, 3.8) is 0 Å². The number of thioether (sulfide) groups is 1. The lowest BCUT2D eigenvalue weighted by Gasteiger charge is -2.23. The summed E-state index contributed by atoms with van der Waals surface area (Å²) in [5.41, 5.74) is 0.409. The molecule has 0 aromatic heterocycles. The van der Waals surface area contributed by atoms with Crippen LogP contribution < -0.4 is 0 Å². The smallest absolute Gasteiger partial charge is 0.243 e. The van der Waals surface area contributed by atoms with Crippen LogP contribution in [0.4, 0.5) is 0 Å². The third-order valence-corrected chi connectivity index (χ3v) is 5.73. The molecule has 1 unspecified atom stereocenters. The Bertz CT molecular complexity index is 555. The Balaban J connectivity index is 3.13. The minimum Gasteiger partial charge on any atom is -0.295 e. The van der Waals surface area contributed by atoms with E-state index in [1.807, 2.05) is 13.2 Å². The van der Waals surface area contributed by atoms with E-state index in [0.717, 1.165) is 5.75 Å². The van der Waals surface area contributed by atoms with E-state index in [1.54, 1.807) is 30.9 Å². The monoisotopic (exact) mass is 301 g/mol. The summed E-state index contributed by atoms with van der Waals surface area (Å²) < 4.78 is 26.2. The first-order chi connectivity index (χ1) is 8.80. The molecule has 0 saturated carbocycles. The Morgan fingerprint density at radius 2 is 2.05 bits per heavy atom. The van der Waals surface area contributed by atoms with Gasteiger partial charge in [-0.15, -0.1) is 0 Å². The highest BCUT2D eigenvalue weighted by Gasteiger charge is 2.25. The fourth-order valence-corrected chi connectivity index (χ4v) is 3.83. The highest BCUT2D eigenvalue weighted by Crippen LogP contribution is 2.19. The zero-order valence-corrected chi connectivity index (χ0v) is 13.2. The van der Waals surface area contributed by atoms with Crippen LogP contribution in [-0.4, -0.2) is 43.6 Å². The Hall–Kier alpha value is -0.850. The topological polar surface area (TPSA) is 54.5 Å². The van der Waals surface area contributed by atoms with Crippen molar-refractivity contribution in [3.8, 4) is 0 Å². The van der Waals surface area contributed by atoms with Crippen LogP contribution in [0, 0.1) is 0 Å². The molecule has 0 bridgehead atoms. The number of hydrogen-bond donors (Lipinski definition) is 0. The zero-order chi connectivity index (χ0) is 14.6. The van der Waals surface area contributed by atoms with Gasteiger partial charge in [0.25, 0.3) is 0 Å². The lowest BCUT2D eigenvalue weighted by atomic mass is 10.2. The van der Waals surface area contributed by atoms with Gasteiger partial charge in [-0.05, 0) is 32.2 Å². The standard InChI is InChI=1S/C13H19NO3S2/c1-10(9-18-4)14(3)19(16,17)13-7-5-6-12(8-13)11(2)15/h5-8,10H,9H2,1-4H3. The first-order valence-electron chi connectivity index (χ1n) is 5.88. The van der Waals surface area contributed by atoms with Crippen molar-refractivity contribution in [2.45, 2.75) is 24.8 Å². The minimum absolute atomic E-state index is 0.0963. The average molecular weight is 301 g/mol. The van der Waals surface area contributed by atoms with Gasteiger partial charge >= 0.3 is 0 Å². The third kappa shape index (κ3) is 3.81. The molecule has 1 rings (SSSR count). The summed E-state index contributed by atoms with van der Waals surface area (Å²) in [5, 5.41) is 0. The number of rotatable bonds is 6. The molecule has 19 heavy (non-hydrogen) atoms. The molecule has 0 heterocycles. The highest BCUT2D eigenvalue weighted by molar-refractivity contribution is 7.98. The van der Waals surface area contributed by atoms with Gasteiger partial charge in [-0.1, -0.05) is 12.1 Å². The van der Waals surface area contributed by atoms with Crippen LogP contribution in [0.3, 0.4) is 0 Å². The van der Waals surface area contributed by atoms with Gasteiger partial charge in [0.2, 0.25) is 10.0 Å². The van der Waals surface area contributed by atoms with Gasteiger partial charge in [0.1, 0.15) is 0 Å². The molecule has 0 spiro atoms. The molecule has 0 aliphatic rings. The van der Waals surface area contributed by atoms with Crippen molar-refractivity contribution >= 4 is 27.6 Å². The number of nitrogens with zero attached hydrogens (tertiary/aromatic N) is 1. The van der Waals surface area contributed by atoms with Gasteiger partial charge in [-0.25, -0.2) is 8.42 Å². The lowest BCUT2D eigenvalue weighted by Crippen LogP contribution is -2.36. The number of carbonyl (C=O) groups is 1. The van der Waals surface area contributed by atoms with Gasteiger partial charge in [0.15, 0.2) is 5.78 Å². The maximum Gasteiger partial charge on any atom is 0.243 e. The Morgan fingerprint density at radius 3 is 2.58 bits per heavy atom. The maximum atomic E-state index is 12.4. The van der Waals surface area contributed by atoms with E-state index in [2.05, 4.69) is 0 Å². The molecule has 0 saturated heterocycles. The summed E-state index contributed by atoms with van der Waals surface area (Å²) in [7, 11) is -1.98. The maximum absolute atomic E-state index is 12.4. The molecule has 0 amide bonds. The Morgan fingerprint density at radius 1 is 1.42 bits per heavy atom. The summed E-state index contributed by atoms with van der Waals surface area (Å²) in [5.74, 6) is 0.583. The van der Waals surface area contributed by atoms with Gasteiger partial charge in [0, 0.05) is 24.4 Å². The summed E-state index contributed by atoms with van der Waals surface area (Å²) in [4.78, 5) is 11.5. The molecule has 1 aromatic carbocycles. The van der Waals surface area contributed by atoms with Crippen molar-refractivity contribution in [1.29, 1.82) is 0 Å². The van der Waals surface area contributed by atoms with Gasteiger partial charge in [0.05, 0.1) is 4.90 Å². The van der Waals surface area contributed by atoms with E-state index in [4.69, 9.17) is 0 Å². The molecule has 0 aliphatic heterocycles. The highest BCUT2D eigenvalue weighted by atomic mass is 32.2. The van der Waals surface area contributed by atoms with Crippen molar-refractivity contribution in [3.05, 3.63) is 29.8 Å². The zero-order valence-electron chi connectivity index (χ0n) is 11.6. The SMILES string of the molecule is CSCC(C)N(C)S(=O)(=O)c1cccc(C(C)=O)c1. The van der Waals surface area contributed by atoms with Crippen molar-refractivity contribution in [1.82, 2.24) is 4.31 Å². The van der Waals surface area contributed by atoms with Crippen molar-refractivity contribution in [2.75, 3.05) is 19.1 Å². The van der Waals surface area contributed by atoms with Crippen LogP contribution in [0.2, 0.25) is 0 Å². The molecule has 0 fully saturated rings. The van der Waals surface area contributed by atoms with Crippen LogP contribution >= 0.6 is 11.8 Å². The van der Waals surface area contributed by atoms with E-state index in [0.29, 0.717) is 5.56 Å². The summed E-state index contributed by atoms with van der Waals surface area (Å²) in [6.07, 6.45) is 1.94. The number of carbonyl (C=O) groups excluding carboxylic acids is 1. The van der Waals surface area contributed by atoms with E-state index in [1.165, 1.54) is 23.4 Å². The Labute approximate surface area is 119 Å². The molecule has 106 valence electrons. The molecular formula is C13H19NO3S2. The van der Waals surface area contributed by atoms with Crippen LogP contribution in [-0.2, 0) is 10.0 Å². The molecule has 0 radical (unpaired) electrons. The quantitative estimate of drug-likeness (QED) is 0.756. The summed E-state index contributed by atoms with van der Waals surface area (Å²) in [6, 6.07) is 6.06. The Kier molecular flexibility index (Phi) is 5.58. The molecule has 4 nitrogen and oxygen atoms in total. The first kappa shape index (κ1) is 16.2. The first-order valence-corrected chi connectivity index (χ1v) is 8.72. The molecule has 1 aromatic rings. The molecule has 0 N–H and O–H groups in total. The largest absolute Gasteiger partial charge is 0.295 e. The van der Waals surface area contributed by atoms with E-state index in [9.17, 15) is 13.2 Å². The second-order valence-corrected chi connectivity index (χ2v) is 7.32. The fourth-order valence-electron chi connectivity index (χ4n) is 1.62. The number of sulfonamides is 1. The number of hydrogen-bond acceptors (Lipinski definition) is 4. The van der Waals surface area contributed by atoms with E-state index >= 15 is 0 Å².